The van der Waals surface area contributed by atoms with Crippen LogP contribution in [0.15, 0.2) is 24.3 Å². The zero-order chi connectivity index (χ0) is 47.3. The van der Waals surface area contributed by atoms with Crippen molar-refractivity contribution in [3.8, 4) is 5.75 Å². The van der Waals surface area contributed by atoms with Crippen LogP contribution in [0.2, 0.25) is 0 Å². The van der Waals surface area contributed by atoms with Gasteiger partial charge in [0.2, 0.25) is 39.6 Å². The molecule has 1 rings (SSSR count). The molecule has 1 aromatic rings. The third-order valence-corrected chi connectivity index (χ3v) is 10.7. The summed E-state index contributed by atoms with van der Waals surface area (Å²) in [5, 5.41) is 28.7. The van der Waals surface area contributed by atoms with Crippen LogP contribution in [-0.4, -0.2) is 156 Å². The van der Waals surface area contributed by atoms with Gasteiger partial charge in [-0.2, -0.15) is 0 Å². The van der Waals surface area contributed by atoms with E-state index >= 15 is 0 Å². The number of benzene rings is 1. The molecule has 0 aromatic heterocycles. The number of carbonyl (C=O) groups excluding carboxylic acids is 5. The van der Waals surface area contributed by atoms with Crippen LogP contribution in [0, 0.1) is 0 Å². The monoisotopic (exact) mass is 995 g/mol. The Morgan fingerprint density at radius 3 is 1.72 bits per heavy atom. The highest BCUT2D eigenvalue weighted by molar-refractivity contribution is 9.09. The van der Waals surface area contributed by atoms with Crippen molar-refractivity contribution in [2.24, 2.45) is 0 Å². The molecule has 0 fully saturated rings. The van der Waals surface area contributed by atoms with E-state index in [2.05, 4.69) is 41.9 Å². The summed E-state index contributed by atoms with van der Waals surface area (Å²) in [5.41, 5.74) is 0.207. The zero-order valence-electron chi connectivity index (χ0n) is 36.4. The number of aliphatic carboxylic acids is 1. The number of ether oxygens (including phenoxy) is 5. The lowest BCUT2D eigenvalue weighted by Crippen LogP contribution is -2.42. The Bertz CT molecular complexity index is 1640. The molecule has 0 spiro atoms. The van der Waals surface area contributed by atoms with E-state index in [1.807, 2.05) is 0 Å². The van der Waals surface area contributed by atoms with Gasteiger partial charge in [-0.25, -0.2) is 18.0 Å². The minimum atomic E-state index is -3.86. The number of carbonyl (C=O) groups is 7. The summed E-state index contributed by atoms with van der Waals surface area (Å²) in [6.07, 6.45) is 7.46. The maximum Gasteiger partial charge on any atom is 0.335 e. The molecule has 0 aliphatic rings. The summed E-state index contributed by atoms with van der Waals surface area (Å²) in [4.78, 5) is 81.6. The van der Waals surface area contributed by atoms with Crippen molar-refractivity contribution < 1.29 is 75.9 Å². The average Bonchev–Trinajstić information content (AvgIpc) is 3.25. The first-order valence-electron chi connectivity index (χ1n) is 21.4. The second-order valence-electron chi connectivity index (χ2n) is 14.3. The fourth-order valence-electron chi connectivity index (χ4n) is 5.53. The van der Waals surface area contributed by atoms with Crippen LogP contribution >= 0.6 is 15.9 Å². The molecule has 1 aromatic carbocycles. The number of aromatic carboxylic acids is 1. The number of amides is 5. The predicted octanol–water partition coefficient (Wildman–Crippen LogP) is 1.66. The van der Waals surface area contributed by atoms with Crippen LogP contribution in [0.1, 0.15) is 93.8 Å². The van der Waals surface area contributed by atoms with Crippen molar-refractivity contribution in [3.63, 3.8) is 0 Å². The van der Waals surface area contributed by atoms with Gasteiger partial charge in [-0.15, -0.1) is 0 Å². The predicted molar refractivity (Wildman–Crippen MR) is 237 cm³/mol. The molecule has 0 radical (unpaired) electrons. The number of halogens is 1. The molecule has 64 heavy (non-hydrogen) atoms. The van der Waals surface area contributed by atoms with E-state index in [4.69, 9.17) is 28.8 Å². The summed E-state index contributed by atoms with van der Waals surface area (Å²) in [5.74, 6) is -3.92. The number of carboxylic acids is 2. The number of carboxylic acid groups (broad SMARTS) is 2. The van der Waals surface area contributed by atoms with Gasteiger partial charge < -0.3 is 55.2 Å². The first-order chi connectivity index (χ1) is 30.7. The van der Waals surface area contributed by atoms with Gasteiger partial charge in [-0.1, -0.05) is 48.0 Å². The van der Waals surface area contributed by atoms with Gasteiger partial charge in [0, 0.05) is 32.5 Å². The lowest BCUT2D eigenvalue weighted by molar-refractivity contribution is -0.142. The molecule has 0 saturated heterocycles. The Balaban J connectivity index is 1.93. The van der Waals surface area contributed by atoms with Gasteiger partial charge in [-0.3, -0.25) is 28.7 Å². The normalized spacial score (nSPS) is 11.6. The second-order valence-corrected chi connectivity index (χ2v) is 16.7. The molecule has 0 saturated carbocycles. The van der Waals surface area contributed by atoms with Gasteiger partial charge in [0.05, 0.1) is 62.9 Å². The van der Waals surface area contributed by atoms with Crippen molar-refractivity contribution >= 4 is 67.4 Å². The Morgan fingerprint density at radius 1 is 0.562 bits per heavy atom. The Labute approximate surface area is 383 Å². The molecule has 21 nitrogen and oxygen atoms in total. The molecule has 1 atom stereocenters. The van der Waals surface area contributed by atoms with Crippen LogP contribution in [0.3, 0.4) is 0 Å². The van der Waals surface area contributed by atoms with Gasteiger partial charge >= 0.3 is 11.9 Å². The maximum atomic E-state index is 12.3. The summed E-state index contributed by atoms with van der Waals surface area (Å²) < 4.78 is 53.3. The molecular formula is C41H66BrN5O16S. The van der Waals surface area contributed by atoms with E-state index in [0.717, 1.165) is 38.5 Å². The average molecular weight is 997 g/mol. The molecule has 364 valence electrons. The van der Waals surface area contributed by atoms with E-state index in [1.54, 1.807) is 12.1 Å². The summed E-state index contributed by atoms with van der Waals surface area (Å²) >= 11 is 3.03. The van der Waals surface area contributed by atoms with Gasteiger partial charge in [-0.05, 0) is 62.8 Å². The van der Waals surface area contributed by atoms with Crippen molar-refractivity contribution in [2.75, 3.05) is 90.2 Å². The lowest BCUT2D eigenvalue weighted by Gasteiger charge is -2.14. The van der Waals surface area contributed by atoms with E-state index in [9.17, 15) is 47.1 Å². The summed E-state index contributed by atoms with van der Waals surface area (Å²) in [7, 11) is -3.86. The third-order valence-electron chi connectivity index (χ3n) is 8.85. The van der Waals surface area contributed by atoms with Crippen molar-refractivity contribution in [1.82, 2.24) is 26.0 Å². The highest BCUT2D eigenvalue weighted by atomic mass is 79.9. The molecule has 1 unspecified atom stereocenters. The first kappa shape index (κ1) is 57.6. The standard InChI is InChI=1S/C41H66BrN5O16S/c42-29-37(50)43-18-8-7-11-34(41(55)56)46-39(52)31-62-27-25-60-23-20-45-38(51)30-61-26-24-59-22-19-44-35(48)13-10-28-64(57,58)47-36(49)12-6-4-2-1-3-5-9-21-63-33-16-14-32(15-17-33)40(53)54/h14-17,34H,1-13,18-31H2,(H,43,50)(H,44,48)(H,45,51)(H,46,52)(H,47,49)(H,53,54)(H,55,56). The van der Waals surface area contributed by atoms with Crippen molar-refractivity contribution in [3.05, 3.63) is 29.8 Å². The number of hydrogen-bond acceptors (Lipinski definition) is 14. The number of alkyl halides is 1. The minimum Gasteiger partial charge on any atom is -0.494 e. The van der Waals surface area contributed by atoms with Crippen LogP contribution in [0.4, 0.5) is 0 Å². The highest BCUT2D eigenvalue weighted by Crippen LogP contribution is 2.14. The maximum absolute atomic E-state index is 12.3. The lowest BCUT2D eigenvalue weighted by atomic mass is 10.1. The fraction of sp³-hybridized carbons (Fsp3) is 0.683. The molecule has 7 N–H and O–H groups in total. The summed E-state index contributed by atoms with van der Waals surface area (Å²) in [6.45, 7) is 1.67. The van der Waals surface area contributed by atoms with Crippen LogP contribution in [0.5, 0.6) is 5.75 Å². The van der Waals surface area contributed by atoms with Gasteiger partial charge in [0.25, 0.3) is 0 Å². The third kappa shape index (κ3) is 33.1. The number of rotatable bonds is 41. The molecule has 23 heteroatoms. The molecule has 0 bridgehead atoms. The molecule has 0 heterocycles. The first-order valence-corrected chi connectivity index (χ1v) is 24.2. The van der Waals surface area contributed by atoms with Crippen LogP contribution in [-0.2, 0) is 57.7 Å². The molecule has 5 amide bonds. The summed E-state index contributed by atoms with van der Waals surface area (Å²) in [6, 6.07) is 5.19. The molecule has 0 aliphatic carbocycles. The SMILES string of the molecule is O=C(CBr)NCCCCC(NC(=O)COCCOCCNC(=O)COCCOCCNC(=O)CCCS(=O)(=O)NC(=O)CCCCCCCCCOc1ccc(C(=O)O)cc1)C(=O)O. The number of unbranched alkanes of at least 4 members (excludes halogenated alkanes) is 7. The van der Waals surface area contributed by atoms with Crippen molar-refractivity contribution in [1.29, 1.82) is 0 Å². The Hall–Kier alpha value is -4.42. The quantitative estimate of drug-likeness (QED) is 0.0363. The molecular weight excluding hydrogens is 930 g/mol. The van der Waals surface area contributed by atoms with Crippen LogP contribution < -0.4 is 30.7 Å². The zero-order valence-corrected chi connectivity index (χ0v) is 38.8. The Morgan fingerprint density at radius 2 is 1.11 bits per heavy atom. The van der Waals surface area contributed by atoms with E-state index < -0.39 is 39.8 Å². The smallest absolute Gasteiger partial charge is 0.335 e. The number of sulfonamides is 1. The van der Waals surface area contributed by atoms with Crippen molar-refractivity contribution in [2.45, 2.75) is 89.5 Å². The van der Waals surface area contributed by atoms with Crippen LogP contribution in [0.25, 0.3) is 0 Å². The topological polar surface area (TPSA) is 300 Å². The number of nitrogens with one attached hydrogen (secondary N) is 5. The number of hydrogen-bond donors (Lipinski definition) is 7. The highest BCUT2D eigenvalue weighted by Gasteiger charge is 2.20. The second kappa shape index (κ2) is 36.9. The van der Waals surface area contributed by atoms with E-state index in [1.165, 1.54) is 12.1 Å². The largest absolute Gasteiger partial charge is 0.494 e. The van der Waals surface area contributed by atoms with Gasteiger partial charge in [0.15, 0.2) is 0 Å². The minimum absolute atomic E-state index is 0.0385. The Kier molecular flexibility index (Phi) is 33.2. The molecule has 0 aliphatic heterocycles. The van der Waals surface area contributed by atoms with Gasteiger partial charge in [0.1, 0.15) is 25.0 Å². The van der Waals surface area contributed by atoms with E-state index in [0.29, 0.717) is 38.2 Å². The van der Waals surface area contributed by atoms with E-state index in [-0.39, 0.29) is 126 Å². The fourth-order valence-corrected chi connectivity index (χ4v) is 6.80.